The van der Waals surface area contributed by atoms with Crippen LogP contribution in [0, 0.1) is 13.8 Å². The quantitative estimate of drug-likeness (QED) is 0.655. The number of carbonyl (C=O) groups is 1. The monoisotopic (exact) mass is 416 g/mol. The third-order valence-corrected chi connectivity index (χ3v) is 5.81. The summed E-state index contributed by atoms with van der Waals surface area (Å²) in [4.78, 5) is 29.5. The topological polar surface area (TPSA) is 58.4 Å². The minimum absolute atomic E-state index is 0.0459. The normalized spacial score (nSPS) is 16.4. The second kappa shape index (κ2) is 8.76. The van der Waals surface area contributed by atoms with Gasteiger partial charge in [0.05, 0.1) is 5.69 Å². The maximum absolute atomic E-state index is 13.0. The summed E-state index contributed by atoms with van der Waals surface area (Å²) in [5.41, 5.74) is 4.91. The fourth-order valence-corrected chi connectivity index (χ4v) is 4.04. The summed E-state index contributed by atoms with van der Waals surface area (Å²) in [5.74, 6) is -0.0774. The van der Waals surface area contributed by atoms with Crippen molar-refractivity contribution in [2.45, 2.75) is 33.4 Å². The smallest absolute Gasteiger partial charge is 0.267 e. The Bertz CT molecular complexity index is 1140. The molecule has 31 heavy (non-hydrogen) atoms. The van der Waals surface area contributed by atoms with Crippen LogP contribution in [0.1, 0.15) is 18.1 Å². The van der Waals surface area contributed by atoms with Crippen molar-refractivity contribution < 1.29 is 4.79 Å². The minimum atomic E-state index is -0.268. The molecular formula is C25H28N4O2. The summed E-state index contributed by atoms with van der Waals surface area (Å²) in [6.07, 6.45) is 0. The van der Waals surface area contributed by atoms with Crippen molar-refractivity contribution in [3.63, 3.8) is 0 Å². The summed E-state index contributed by atoms with van der Waals surface area (Å²) in [5, 5.41) is 4.44. The molecule has 6 nitrogen and oxygen atoms in total. The van der Waals surface area contributed by atoms with Crippen molar-refractivity contribution in [3.8, 4) is 11.3 Å². The molecular weight excluding hydrogens is 388 g/mol. The second-order valence-electron chi connectivity index (χ2n) is 8.30. The first-order valence-corrected chi connectivity index (χ1v) is 10.7. The summed E-state index contributed by atoms with van der Waals surface area (Å²) in [7, 11) is 0. The van der Waals surface area contributed by atoms with Gasteiger partial charge in [-0.2, -0.15) is 5.10 Å². The van der Waals surface area contributed by atoms with Gasteiger partial charge in [-0.3, -0.25) is 9.59 Å². The van der Waals surface area contributed by atoms with Gasteiger partial charge in [-0.1, -0.05) is 42.0 Å². The van der Waals surface area contributed by atoms with Crippen molar-refractivity contribution in [3.05, 3.63) is 82.1 Å². The van der Waals surface area contributed by atoms with Gasteiger partial charge >= 0.3 is 0 Å². The number of hydrogen-bond acceptors (Lipinski definition) is 4. The first-order valence-electron chi connectivity index (χ1n) is 10.7. The Hall–Kier alpha value is -3.41. The number of benzene rings is 2. The van der Waals surface area contributed by atoms with Crippen LogP contribution in [0.2, 0.25) is 0 Å². The van der Waals surface area contributed by atoms with E-state index in [1.807, 2.05) is 36.1 Å². The Morgan fingerprint density at radius 1 is 1.00 bits per heavy atom. The van der Waals surface area contributed by atoms with Gasteiger partial charge in [0, 0.05) is 43.0 Å². The van der Waals surface area contributed by atoms with Gasteiger partial charge in [0.1, 0.15) is 6.54 Å². The molecule has 2 heterocycles. The van der Waals surface area contributed by atoms with Crippen LogP contribution in [0.4, 0.5) is 5.69 Å². The molecule has 1 fully saturated rings. The number of aromatic nitrogens is 2. The SMILES string of the molecule is Cc1ccc(-c2ccc(=O)n(CC(=O)N3CCN(c4cccc(C)c4)[C@@H](C)C3)n2)cc1. The average molecular weight is 417 g/mol. The predicted octanol–water partition coefficient (Wildman–Crippen LogP) is 3.26. The van der Waals surface area contributed by atoms with Gasteiger partial charge in [0.15, 0.2) is 0 Å². The van der Waals surface area contributed by atoms with E-state index in [1.54, 1.807) is 6.07 Å². The lowest BCUT2D eigenvalue weighted by Gasteiger charge is -2.41. The van der Waals surface area contributed by atoms with E-state index in [9.17, 15) is 9.59 Å². The molecule has 1 atom stereocenters. The summed E-state index contributed by atoms with van der Waals surface area (Å²) in [6.45, 7) is 8.21. The number of piperazine rings is 1. The van der Waals surface area contributed by atoms with Crippen LogP contribution >= 0.6 is 0 Å². The van der Waals surface area contributed by atoms with Crippen molar-refractivity contribution in [1.82, 2.24) is 14.7 Å². The number of carbonyl (C=O) groups excluding carboxylic acids is 1. The zero-order chi connectivity index (χ0) is 22.0. The Morgan fingerprint density at radius 2 is 1.77 bits per heavy atom. The summed E-state index contributed by atoms with van der Waals surface area (Å²) < 4.78 is 1.27. The zero-order valence-corrected chi connectivity index (χ0v) is 18.3. The van der Waals surface area contributed by atoms with Crippen LogP contribution in [0.3, 0.4) is 0 Å². The van der Waals surface area contributed by atoms with E-state index < -0.39 is 0 Å². The standard InChI is InChI=1S/C25H28N4O2/c1-18-7-9-21(10-8-18)23-11-12-24(30)29(26-23)17-25(31)27-13-14-28(20(3)16-27)22-6-4-5-19(2)15-22/h4-12,15,20H,13-14,16-17H2,1-3H3/t20-/m0/s1. The first-order chi connectivity index (χ1) is 14.9. The van der Waals surface area contributed by atoms with Crippen LogP contribution in [-0.2, 0) is 11.3 Å². The number of anilines is 1. The number of hydrogen-bond donors (Lipinski definition) is 0. The van der Waals surface area contributed by atoms with Crippen LogP contribution in [0.15, 0.2) is 65.5 Å². The van der Waals surface area contributed by atoms with E-state index in [2.05, 4.69) is 48.1 Å². The lowest BCUT2D eigenvalue weighted by atomic mass is 10.1. The van der Waals surface area contributed by atoms with Crippen LogP contribution < -0.4 is 10.5 Å². The van der Waals surface area contributed by atoms with Crippen molar-refractivity contribution in [2.75, 3.05) is 24.5 Å². The lowest BCUT2D eigenvalue weighted by molar-refractivity contribution is -0.132. The maximum Gasteiger partial charge on any atom is 0.267 e. The van der Waals surface area contributed by atoms with Crippen molar-refractivity contribution >= 4 is 11.6 Å². The van der Waals surface area contributed by atoms with Crippen molar-refractivity contribution in [2.24, 2.45) is 0 Å². The molecule has 160 valence electrons. The van der Waals surface area contributed by atoms with E-state index in [0.717, 1.165) is 17.7 Å². The van der Waals surface area contributed by atoms with Gasteiger partial charge < -0.3 is 9.80 Å². The second-order valence-corrected chi connectivity index (χ2v) is 8.30. The van der Waals surface area contributed by atoms with Crippen LogP contribution in [-0.4, -0.2) is 46.3 Å². The number of rotatable bonds is 4. The molecule has 2 aromatic carbocycles. The molecule has 3 aromatic rings. The maximum atomic E-state index is 13.0. The summed E-state index contributed by atoms with van der Waals surface area (Å²) in [6, 6.07) is 19.8. The fraction of sp³-hybridized carbons (Fsp3) is 0.320. The zero-order valence-electron chi connectivity index (χ0n) is 18.3. The van der Waals surface area contributed by atoms with Gasteiger partial charge in [0.25, 0.3) is 5.56 Å². The molecule has 0 N–H and O–H groups in total. The van der Waals surface area contributed by atoms with Gasteiger partial charge in [-0.15, -0.1) is 0 Å². The molecule has 0 spiro atoms. The predicted molar refractivity (Wildman–Crippen MR) is 123 cm³/mol. The van der Waals surface area contributed by atoms with Crippen LogP contribution in [0.25, 0.3) is 11.3 Å². The number of aryl methyl sites for hydroxylation is 2. The Morgan fingerprint density at radius 3 is 2.48 bits per heavy atom. The third kappa shape index (κ3) is 4.68. The van der Waals surface area contributed by atoms with E-state index in [4.69, 9.17) is 0 Å². The third-order valence-electron chi connectivity index (χ3n) is 5.81. The van der Waals surface area contributed by atoms with Crippen LogP contribution in [0.5, 0.6) is 0 Å². The fourth-order valence-electron chi connectivity index (χ4n) is 4.04. The summed E-state index contributed by atoms with van der Waals surface area (Å²) >= 11 is 0. The Labute approximate surface area is 182 Å². The molecule has 1 aromatic heterocycles. The molecule has 0 unspecified atom stereocenters. The highest BCUT2D eigenvalue weighted by atomic mass is 16.2. The number of nitrogens with zero attached hydrogens (tertiary/aromatic N) is 4. The Balaban J connectivity index is 1.46. The van der Waals surface area contributed by atoms with Gasteiger partial charge in [-0.05, 0) is 44.5 Å². The molecule has 1 aliphatic heterocycles. The lowest BCUT2D eigenvalue weighted by Crippen LogP contribution is -2.54. The van der Waals surface area contributed by atoms with Crippen molar-refractivity contribution in [1.29, 1.82) is 0 Å². The average Bonchev–Trinajstić information content (AvgIpc) is 2.76. The van der Waals surface area contributed by atoms with E-state index in [0.29, 0.717) is 18.8 Å². The van der Waals surface area contributed by atoms with E-state index in [1.165, 1.54) is 22.0 Å². The highest BCUT2D eigenvalue weighted by molar-refractivity contribution is 5.76. The first kappa shape index (κ1) is 20.8. The molecule has 0 radical (unpaired) electrons. The van der Waals surface area contributed by atoms with E-state index in [-0.39, 0.29) is 24.1 Å². The minimum Gasteiger partial charge on any atom is -0.365 e. The Kier molecular flexibility index (Phi) is 5.89. The van der Waals surface area contributed by atoms with Gasteiger partial charge in [0.2, 0.25) is 5.91 Å². The molecule has 1 saturated heterocycles. The highest BCUT2D eigenvalue weighted by Gasteiger charge is 2.27. The highest BCUT2D eigenvalue weighted by Crippen LogP contribution is 2.22. The molecule has 0 bridgehead atoms. The molecule has 0 aliphatic carbocycles. The van der Waals surface area contributed by atoms with Gasteiger partial charge in [-0.25, -0.2) is 4.68 Å². The molecule has 1 aliphatic rings. The van der Waals surface area contributed by atoms with E-state index >= 15 is 0 Å². The molecule has 0 saturated carbocycles. The molecule has 6 heteroatoms. The molecule has 1 amide bonds. The largest absolute Gasteiger partial charge is 0.365 e. The number of amides is 1. The molecule has 4 rings (SSSR count).